The predicted molar refractivity (Wildman–Crippen MR) is 46.5 cm³/mol. The largest absolute Gasteiger partial charge is 0.401 e. The summed E-state index contributed by atoms with van der Waals surface area (Å²) in [5.41, 5.74) is 7.76. The number of nitriles is 1. The normalized spacial score (nSPS) is 13.8. The number of hydrogen-bond acceptors (Lipinski definition) is 2. The summed E-state index contributed by atoms with van der Waals surface area (Å²) in [5.74, 6) is 0. The van der Waals surface area contributed by atoms with Gasteiger partial charge in [0.05, 0.1) is 5.57 Å². The van der Waals surface area contributed by atoms with Crippen molar-refractivity contribution < 1.29 is 0 Å². The molecule has 0 rings (SSSR count). The third-order valence-corrected chi connectivity index (χ3v) is 1.56. The molecule has 11 heavy (non-hydrogen) atoms. The van der Waals surface area contributed by atoms with Crippen molar-refractivity contribution in [2.75, 3.05) is 0 Å². The third kappa shape index (κ3) is 2.46. The van der Waals surface area contributed by atoms with E-state index in [9.17, 15) is 0 Å². The molecule has 0 heterocycles. The maximum absolute atomic E-state index is 8.70. The minimum absolute atomic E-state index is 0.599. The minimum atomic E-state index is 0.599. The van der Waals surface area contributed by atoms with Crippen LogP contribution in [0.15, 0.2) is 22.9 Å². The Kier molecular flexibility index (Phi) is 4.05. The molecule has 0 fully saturated rings. The highest BCUT2D eigenvalue weighted by Gasteiger charge is 2.02. The zero-order valence-corrected chi connectivity index (χ0v) is 7.31. The highest BCUT2D eigenvalue weighted by Crippen LogP contribution is 2.14. The fourth-order valence-corrected chi connectivity index (χ4v) is 0.938. The highest BCUT2D eigenvalue weighted by molar-refractivity contribution is 5.43. The van der Waals surface area contributed by atoms with E-state index in [1.54, 1.807) is 6.92 Å². The molecule has 0 aromatic rings. The van der Waals surface area contributed by atoms with Crippen LogP contribution < -0.4 is 5.73 Å². The van der Waals surface area contributed by atoms with Crippen LogP contribution in [0.2, 0.25) is 0 Å². The summed E-state index contributed by atoms with van der Waals surface area (Å²) in [7, 11) is 0. The van der Waals surface area contributed by atoms with E-state index in [1.807, 2.05) is 19.9 Å². The number of rotatable bonds is 2. The fraction of sp³-hybridized carbons (Fsp3) is 0.444. The molecule has 2 nitrogen and oxygen atoms in total. The number of nitrogens with two attached hydrogens (primary N) is 1. The Morgan fingerprint density at radius 3 is 2.27 bits per heavy atom. The number of hydrogen-bond donors (Lipinski definition) is 1. The molecule has 0 saturated heterocycles. The van der Waals surface area contributed by atoms with Gasteiger partial charge in [-0.3, -0.25) is 0 Å². The second kappa shape index (κ2) is 4.56. The summed E-state index contributed by atoms with van der Waals surface area (Å²) in [6, 6.07) is 2.09. The molecule has 0 bridgehead atoms. The molecular formula is C9H14N2. The van der Waals surface area contributed by atoms with E-state index in [0.717, 1.165) is 12.0 Å². The van der Waals surface area contributed by atoms with Crippen molar-refractivity contribution in [3.63, 3.8) is 0 Å². The molecule has 0 unspecified atom stereocenters. The van der Waals surface area contributed by atoms with E-state index in [0.29, 0.717) is 11.3 Å². The molecule has 0 aliphatic carbocycles. The van der Waals surface area contributed by atoms with Gasteiger partial charge in [0.2, 0.25) is 0 Å². The lowest BCUT2D eigenvalue weighted by molar-refractivity contribution is 1.09. The van der Waals surface area contributed by atoms with Crippen molar-refractivity contribution >= 4 is 0 Å². The second-order valence-corrected chi connectivity index (χ2v) is 2.34. The van der Waals surface area contributed by atoms with Gasteiger partial charge in [0.1, 0.15) is 6.07 Å². The van der Waals surface area contributed by atoms with E-state index in [1.165, 1.54) is 0 Å². The molecule has 0 radical (unpaired) electrons. The number of allylic oxidation sites excluding steroid dienone is 4. The zero-order chi connectivity index (χ0) is 8.85. The molecule has 2 N–H and O–H groups in total. The van der Waals surface area contributed by atoms with Crippen LogP contribution in [0.1, 0.15) is 27.2 Å². The van der Waals surface area contributed by atoms with E-state index < -0.39 is 0 Å². The van der Waals surface area contributed by atoms with Crippen LogP contribution in [0.3, 0.4) is 0 Å². The summed E-state index contributed by atoms with van der Waals surface area (Å²) in [6.45, 7) is 5.67. The lowest BCUT2D eigenvalue weighted by Crippen LogP contribution is -1.98. The van der Waals surface area contributed by atoms with Gasteiger partial charge in [-0.1, -0.05) is 13.0 Å². The van der Waals surface area contributed by atoms with Crippen molar-refractivity contribution in [2.45, 2.75) is 27.2 Å². The summed E-state index contributed by atoms with van der Waals surface area (Å²) < 4.78 is 0. The first-order valence-electron chi connectivity index (χ1n) is 3.69. The molecule has 2 heteroatoms. The molecule has 60 valence electrons. The monoisotopic (exact) mass is 150 g/mol. The molecular weight excluding hydrogens is 136 g/mol. The summed E-state index contributed by atoms with van der Waals surface area (Å²) >= 11 is 0. The van der Waals surface area contributed by atoms with Crippen molar-refractivity contribution in [1.29, 1.82) is 5.26 Å². The second-order valence-electron chi connectivity index (χ2n) is 2.34. The Hall–Kier alpha value is -1.23. The molecule has 0 amide bonds. The Balaban J connectivity index is 4.84. The lowest BCUT2D eigenvalue weighted by Gasteiger charge is -2.02. The molecule has 0 saturated carbocycles. The van der Waals surface area contributed by atoms with Crippen molar-refractivity contribution in [1.82, 2.24) is 0 Å². The summed E-state index contributed by atoms with van der Waals surface area (Å²) in [6.07, 6.45) is 2.78. The summed E-state index contributed by atoms with van der Waals surface area (Å²) in [5, 5.41) is 8.70. The SMILES string of the molecule is C/C=C(CC)/C(C#N)=C(\C)N. The minimum Gasteiger partial charge on any atom is -0.401 e. The molecule has 0 aromatic heterocycles. The Morgan fingerprint density at radius 1 is 1.64 bits per heavy atom. The Bertz CT molecular complexity index is 224. The number of nitrogens with zero attached hydrogens (tertiary/aromatic N) is 1. The average molecular weight is 150 g/mol. The standard InChI is InChI=1S/C9H14N2/c1-4-8(5-2)9(6-10)7(3)11/h4H,5,11H2,1-3H3/b8-4+,9-7+. The van der Waals surface area contributed by atoms with Crippen LogP contribution >= 0.6 is 0 Å². The first-order valence-corrected chi connectivity index (χ1v) is 3.69. The molecule has 0 atom stereocenters. The maximum atomic E-state index is 8.70. The van der Waals surface area contributed by atoms with Crippen LogP contribution in [0.25, 0.3) is 0 Å². The predicted octanol–water partition coefficient (Wildman–Crippen LogP) is 2.10. The zero-order valence-electron chi connectivity index (χ0n) is 7.31. The van der Waals surface area contributed by atoms with Gasteiger partial charge in [0.15, 0.2) is 0 Å². The van der Waals surface area contributed by atoms with E-state index in [4.69, 9.17) is 11.0 Å². The maximum Gasteiger partial charge on any atom is 0.101 e. The van der Waals surface area contributed by atoms with E-state index >= 15 is 0 Å². The van der Waals surface area contributed by atoms with Gasteiger partial charge in [-0.05, 0) is 25.8 Å². The van der Waals surface area contributed by atoms with Gasteiger partial charge >= 0.3 is 0 Å². The topological polar surface area (TPSA) is 49.8 Å². The quantitative estimate of drug-likeness (QED) is 0.484. The highest BCUT2D eigenvalue weighted by atomic mass is 14.6. The van der Waals surface area contributed by atoms with Gasteiger partial charge in [-0.2, -0.15) is 5.26 Å². The van der Waals surface area contributed by atoms with Crippen LogP contribution in [0, 0.1) is 11.3 Å². The molecule has 0 aliphatic heterocycles. The van der Waals surface area contributed by atoms with Gasteiger partial charge in [-0.15, -0.1) is 0 Å². The van der Waals surface area contributed by atoms with Crippen LogP contribution in [-0.2, 0) is 0 Å². The van der Waals surface area contributed by atoms with Gasteiger partial charge in [-0.25, -0.2) is 0 Å². The first-order chi connectivity index (χ1) is 5.17. The third-order valence-electron chi connectivity index (χ3n) is 1.56. The Labute approximate surface area is 68.0 Å². The van der Waals surface area contributed by atoms with E-state index in [2.05, 4.69) is 6.07 Å². The summed E-state index contributed by atoms with van der Waals surface area (Å²) in [4.78, 5) is 0. The lowest BCUT2D eigenvalue weighted by atomic mass is 10.0. The van der Waals surface area contributed by atoms with Crippen molar-refractivity contribution in [2.24, 2.45) is 5.73 Å². The van der Waals surface area contributed by atoms with Crippen LogP contribution in [0.4, 0.5) is 0 Å². The van der Waals surface area contributed by atoms with E-state index in [-0.39, 0.29) is 0 Å². The molecule has 0 aromatic carbocycles. The van der Waals surface area contributed by atoms with Crippen LogP contribution in [-0.4, -0.2) is 0 Å². The van der Waals surface area contributed by atoms with Crippen LogP contribution in [0.5, 0.6) is 0 Å². The molecule has 0 spiro atoms. The molecule has 0 aliphatic rings. The first kappa shape index (κ1) is 9.77. The van der Waals surface area contributed by atoms with Gasteiger partial charge in [0, 0.05) is 5.70 Å². The van der Waals surface area contributed by atoms with Crippen molar-refractivity contribution in [3.05, 3.63) is 22.9 Å². The van der Waals surface area contributed by atoms with Gasteiger partial charge < -0.3 is 5.73 Å². The average Bonchev–Trinajstić information content (AvgIpc) is 1.99. The van der Waals surface area contributed by atoms with Gasteiger partial charge in [0.25, 0.3) is 0 Å². The van der Waals surface area contributed by atoms with Crippen molar-refractivity contribution in [3.8, 4) is 6.07 Å². The smallest absolute Gasteiger partial charge is 0.101 e. The Morgan fingerprint density at radius 2 is 2.18 bits per heavy atom. The fourth-order valence-electron chi connectivity index (χ4n) is 0.938.